The Bertz CT molecular complexity index is 1210. The summed E-state index contributed by atoms with van der Waals surface area (Å²) in [7, 11) is 0. The summed E-state index contributed by atoms with van der Waals surface area (Å²) >= 11 is 0. The second-order valence-electron chi connectivity index (χ2n) is 5.50. The van der Waals surface area contributed by atoms with Crippen molar-refractivity contribution in [1.82, 2.24) is 13.6 Å². The number of nitrogens with zero attached hydrogens (tertiary/aromatic N) is 3. The van der Waals surface area contributed by atoms with Crippen LogP contribution in [0.5, 0.6) is 0 Å². The third-order valence-electron chi connectivity index (χ3n) is 4.01. The Morgan fingerprint density at radius 2 is 1.46 bits per heavy atom. The summed E-state index contributed by atoms with van der Waals surface area (Å²) in [5.74, 6) is -0.287. The molecule has 24 heavy (non-hydrogen) atoms. The SMILES string of the molecule is CC(=O)c1cc2ccccc2n2c(=O)n(-c3ccccc3)c(=O)n12. The topological polar surface area (TPSA) is 65.0 Å². The normalized spacial score (nSPS) is 11.2. The molecular formula is C18H13N3O3. The molecule has 0 unspecified atom stereocenters. The van der Waals surface area contributed by atoms with E-state index in [-0.39, 0.29) is 11.5 Å². The van der Waals surface area contributed by atoms with Crippen molar-refractivity contribution in [2.45, 2.75) is 6.92 Å². The lowest BCUT2D eigenvalue weighted by atomic mass is 10.2. The predicted octanol–water partition coefficient (Wildman–Crippen LogP) is 1.91. The molecule has 0 spiro atoms. The van der Waals surface area contributed by atoms with Gasteiger partial charge in [0.05, 0.1) is 11.2 Å². The fraction of sp³-hybridized carbons (Fsp3) is 0.0556. The fourth-order valence-corrected chi connectivity index (χ4v) is 2.92. The third kappa shape index (κ3) is 1.86. The Balaban J connectivity index is 2.30. The highest BCUT2D eigenvalue weighted by atomic mass is 16.2. The summed E-state index contributed by atoms with van der Waals surface area (Å²) in [4.78, 5) is 37.8. The van der Waals surface area contributed by atoms with Crippen LogP contribution in [0.15, 0.2) is 70.3 Å². The number of aromatic nitrogens is 3. The average Bonchev–Trinajstić information content (AvgIpc) is 2.86. The summed E-state index contributed by atoms with van der Waals surface area (Å²) in [6, 6.07) is 17.4. The summed E-state index contributed by atoms with van der Waals surface area (Å²) in [6.07, 6.45) is 0. The summed E-state index contributed by atoms with van der Waals surface area (Å²) < 4.78 is 3.46. The molecule has 2 aromatic heterocycles. The van der Waals surface area contributed by atoms with Crippen LogP contribution >= 0.6 is 0 Å². The first-order valence-electron chi connectivity index (χ1n) is 7.44. The van der Waals surface area contributed by atoms with Crippen molar-refractivity contribution in [3.63, 3.8) is 0 Å². The molecule has 2 aromatic carbocycles. The Morgan fingerprint density at radius 3 is 2.17 bits per heavy atom. The van der Waals surface area contributed by atoms with Gasteiger partial charge in [0.15, 0.2) is 5.78 Å². The number of ketones is 1. The largest absolute Gasteiger partial charge is 0.357 e. The molecule has 6 heteroatoms. The molecule has 0 atom stereocenters. The van der Waals surface area contributed by atoms with Crippen LogP contribution in [0.1, 0.15) is 17.4 Å². The second kappa shape index (κ2) is 5.06. The van der Waals surface area contributed by atoms with Gasteiger partial charge in [-0.1, -0.05) is 36.4 Å². The summed E-state index contributed by atoms with van der Waals surface area (Å²) in [6.45, 7) is 1.38. The van der Waals surface area contributed by atoms with E-state index in [0.29, 0.717) is 11.2 Å². The van der Waals surface area contributed by atoms with Gasteiger partial charge in [-0.2, -0.15) is 9.03 Å². The van der Waals surface area contributed by atoms with Crippen molar-refractivity contribution < 1.29 is 4.79 Å². The second-order valence-corrected chi connectivity index (χ2v) is 5.50. The van der Waals surface area contributed by atoms with Crippen molar-refractivity contribution >= 4 is 16.7 Å². The zero-order valence-electron chi connectivity index (χ0n) is 12.8. The van der Waals surface area contributed by atoms with E-state index in [2.05, 4.69) is 0 Å². The van der Waals surface area contributed by atoms with E-state index in [9.17, 15) is 14.4 Å². The lowest BCUT2D eigenvalue weighted by molar-refractivity contribution is 0.100. The number of carbonyl (C=O) groups is 1. The lowest BCUT2D eigenvalue weighted by Crippen LogP contribution is -2.26. The zero-order chi connectivity index (χ0) is 16.8. The molecule has 0 amide bonds. The van der Waals surface area contributed by atoms with Gasteiger partial charge in [0, 0.05) is 12.3 Å². The maximum Gasteiger partial charge on any atom is 0.357 e. The summed E-state index contributed by atoms with van der Waals surface area (Å²) in [5.41, 5.74) is 0.125. The maximum atomic E-state index is 12.9. The number of hydrogen-bond acceptors (Lipinski definition) is 3. The first kappa shape index (κ1) is 14.2. The van der Waals surface area contributed by atoms with Crippen molar-refractivity contribution in [1.29, 1.82) is 0 Å². The summed E-state index contributed by atoms with van der Waals surface area (Å²) in [5, 5.41) is 0.718. The molecule has 0 aliphatic carbocycles. The molecule has 0 aliphatic heterocycles. The maximum absolute atomic E-state index is 12.9. The van der Waals surface area contributed by atoms with Crippen LogP contribution in [0.4, 0.5) is 0 Å². The third-order valence-corrected chi connectivity index (χ3v) is 4.01. The van der Waals surface area contributed by atoms with Crippen LogP contribution in [0.3, 0.4) is 0 Å². The Morgan fingerprint density at radius 1 is 0.833 bits per heavy atom. The predicted molar refractivity (Wildman–Crippen MR) is 90.2 cm³/mol. The molecule has 0 N–H and O–H groups in total. The first-order valence-corrected chi connectivity index (χ1v) is 7.44. The van der Waals surface area contributed by atoms with E-state index < -0.39 is 11.4 Å². The van der Waals surface area contributed by atoms with E-state index in [0.717, 1.165) is 14.5 Å². The van der Waals surface area contributed by atoms with E-state index in [1.165, 1.54) is 11.4 Å². The van der Waals surface area contributed by atoms with Crippen LogP contribution in [0.25, 0.3) is 16.6 Å². The Labute approximate surface area is 135 Å². The van der Waals surface area contributed by atoms with Crippen molar-refractivity contribution in [3.05, 3.63) is 87.3 Å². The molecule has 0 radical (unpaired) electrons. The first-order chi connectivity index (χ1) is 11.6. The van der Waals surface area contributed by atoms with Gasteiger partial charge in [0.25, 0.3) is 0 Å². The van der Waals surface area contributed by atoms with Crippen LogP contribution in [0, 0.1) is 0 Å². The quantitative estimate of drug-likeness (QED) is 0.530. The van der Waals surface area contributed by atoms with Crippen LogP contribution in [-0.2, 0) is 0 Å². The van der Waals surface area contributed by atoms with E-state index in [4.69, 9.17) is 0 Å². The molecule has 0 fully saturated rings. The smallest absolute Gasteiger partial charge is 0.293 e. The minimum Gasteiger partial charge on any atom is -0.293 e. The van der Waals surface area contributed by atoms with Gasteiger partial charge in [-0.25, -0.2) is 14.2 Å². The molecule has 118 valence electrons. The lowest BCUT2D eigenvalue weighted by Gasteiger charge is -2.06. The van der Waals surface area contributed by atoms with Crippen molar-refractivity contribution in [2.24, 2.45) is 0 Å². The number of carbonyl (C=O) groups excluding carboxylic acids is 1. The van der Waals surface area contributed by atoms with Gasteiger partial charge in [0.1, 0.15) is 5.69 Å². The molecule has 2 heterocycles. The Kier molecular flexibility index (Phi) is 2.99. The zero-order valence-corrected chi connectivity index (χ0v) is 12.8. The van der Waals surface area contributed by atoms with E-state index in [1.54, 1.807) is 54.6 Å². The minimum absolute atomic E-state index is 0.172. The van der Waals surface area contributed by atoms with Crippen molar-refractivity contribution in [3.8, 4) is 5.69 Å². The Hall–Kier alpha value is -3.41. The number of para-hydroxylation sites is 2. The molecule has 0 saturated heterocycles. The minimum atomic E-state index is -0.567. The van der Waals surface area contributed by atoms with Gasteiger partial charge in [0.2, 0.25) is 0 Å². The number of fused-ring (bicyclic) bond motifs is 3. The van der Waals surface area contributed by atoms with Crippen LogP contribution < -0.4 is 11.4 Å². The van der Waals surface area contributed by atoms with Crippen LogP contribution in [-0.4, -0.2) is 19.4 Å². The molecule has 4 aromatic rings. The van der Waals surface area contributed by atoms with Crippen LogP contribution in [0.2, 0.25) is 0 Å². The van der Waals surface area contributed by atoms with E-state index >= 15 is 0 Å². The molecule has 6 nitrogen and oxygen atoms in total. The van der Waals surface area contributed by atoms with Crippen molar-refractivity contribution in [2.75, 3.05) is 0 Å². The highest BCUT2D eigenvalue weighted by molar-refractivity contribution is 5.95. The highest BCUT2D eigenvalue weighted by Gasteiger charge is 2.19. The monoisotopic (exact) mass is 319 g/mol. The molecule has 0 saturated carbocycles. The molecule has 0 bridgehead atoms. The number of Topliss-reactive ketones (excluding diaryl/α,β-unsaturated/α-hetero) is 1. The van der Waals surface area contributed by atoms with Gasteiger partial charge in [-0.15, -0.1) is 0 Å². The molecule has 4 rings (SSSR count). The van der Waals surface area contributed by atoms with Gasteiger partial charge >= 0.3 is 11.4 Å². The number of benzene rings is 2. The van der Waals surface area contributed by atoms with Gasteiger partial charge in [-0.05, 0) is 24.3 Å². The highest BCUT2D eigenvalue weighted by Crippen LogP contribution is 2.14. The molecular weight excluding hydrogens is 306 g/mol. The number of hydrogen-bond donors (Lipinski definition) is 0. The molecule has 0 aliphatic rings. The average molecular weight is 319 g/mol. The fourth-order valence-electron chi connectivity index (χ4n) is 2.92. The van der Waals surface area contributed by atoms with E-state index in [1.807, 2.05) is 6.07 Å². The number of rotatable bonds is 2. The van der Waals surface area contributed by atoms with Gasteiger partial charge < -0.3 is 0 Å². The standard InChI is InChI=1S/C18H13N3O3/c1-12(22)16-11-13-7-5-6-10-15(13)20-17(23)19(18(24)21(16)20)14-8-3-2-4-9-14/h2-11H,1H3. The van der Waals surface area contributed by atoms with Gasteiger partial charge in [-0.3, -0.25) is 4.79 Å².